The first kappa shape index (κ1) is 16.1. The molecule has 3 rings (SSSR count). The van der Waals surface area contributed by atoms with Gasteiger partial charge < -0.3 is 10.6 Å². The molecule has 2 atom stereocenters. The number of hydrogen-bond acceptors (Lipinski definition) is 2. The molecule has 1 aromatic carbocycles. The molecule has 0 aromatic heterocycles. The minimum atomic E-state index is -4.49. The van der Waals surface area contributed by atoms with Gasteiger partial charge in [0.2, 0.25) is 0 Å². The molecule has 4 nitrogen and oxygen atoms in total. The fourth-order valence-corrected chi connectivity index (χ4v) is 3.10. The van der Waals surface area contributed by atoms with Crippen LogP contribution in [0.2, 0.25) is 0 Å². The van der Waals surface area contributed by atoms with Crippen LogP contribution in [0, 0.1) is 5.92 Å². The second-order valence-corrected chi connectivity index (χ2v) is 6.41. The third kappa shape index (κ3) is 3.77. The van der Waals surface area contributed by atoms with Crippen molar-refractivity contribution in [1.29, 1.82) is 0 Å². The summed E-state index contributed by atoms with van der Waals surface area (Å²) in [5.41, 5.74) is -1.06. The smallest absolute Gasteiger partial charge is 0.334 e. The summed E-state index contributed by atoms with van der Waals surface area (Å²) >= 11 is 0. The van der Waals surface area contributed by atoms with Crippen LogP contribution in [0.3, 0.4) is 0 Å². The lowest BCUT2D eigenvalue weighted by molar-refractivity contribution is -0.136. The minimum Gasteiger partial charge on any atom is -0.334 e. The van der Waals surface area contributed by atoms with Gasteiger partial charge in [-0.15, -0.1) is 0 Å². The monoisotopic (exact) mass is 327 g/mol. The van der Waals surface area contributed by atoms with Gasteiger partial charge in [-0.3, -0.25) is 4.90 Å². The number of benzene rings is 1. The van der Waals surface area contributed by atoms with E-state index >= 15 is 0 Å². The largest absolute Gasteiger partial charge is 0.418 e. The number of carbonyl (C=O) groups excluding carboxylic acids is 1. The van der Waals surface area contributed by atoms with Crippen molar-refractivity contribution in [3.05, 3.63) is 29.8 Å². The Hall–Kier alpha value is -1.76. The van der Waals surface area contributed by atoms with Gasteiger partial charge in [0.1, 0.15) is 0 Å². The number of hydrogen-bond donors (Lipinski definition) is 2. The highest BCUT2D eigenvalue weighted by Gasteiger charge is 2.39. The third-order valence-corrected chi connectivity index (χ3v) is 4.50. The Kier molecular flexibility index (Phi) is 4.23. The molecule has 0 radical (unpaired) electrons. The second kappa shape index (κ2) is 6.03. The molecule has 0 spiro atoms. The van der Waals surface area contributed by atoms with Gasteiger partial charge in [-0.25, -0.2) is 4.79 Å². The van der Waals surface area contributed by atoms with E-state index in [1.807, 2.05) is 0 Å². The zero-order valence-corrected chi connectivity index (χ0v) is 12.9. The SMILES string of the molecule is C[C@H]1CN(C2CC2)C[C@H]1NC(=O)Nc1ccccc1C(F)(F)F. The van der Waals surface area contributed by atoms with E-state index in [2.05, 4.69) is 22.5 Å². The molecule has 1 aliphatic carbocycles. The average molecular weight is 327 g/mol. The highest BCUT2D eigenvalue weighted by Crippen LogP contribution is 2.35. The molecule has 0 unspecified atom stereocenters. The average Bonchev–Trinajstić information content (AvgIpc) is 3.24. The van der Waals surface area contributed by atoms with Gasteiger partial charge in [-0.1, -0.05) is 19.1 Å². The molecule has 7 heteroatoms. The summed E-state index contributed by atoms with van der Waals surface area (Å²) in [7, 11) is 0. The molecule has 23 heavy (non-hydrogen) atoms. The first-order valence-corrected chi connectivity index (χ1v) is 7.82. The molecule has 2 fully saturated rings. The van der Waals surface area contributed by atoms with Crippen molar-refractivity contribution in [2.75, 3.05) is 18.4 Å². The van der Waals surface area contributed by atoms with E-state index in [-0.39, 0.29) is 11.7 Å². The minimum absolute atomic E-state index is 0.0337. The summed E-state index contributed by atoms with van der Waals surface area (Å²) in [5.74, 6) is 0.291. The van der Waals surface area contributed by atoms with Crippen LogP contribution in [-0.2, 0) is 6.18 Å². The number of likely N-dealkylation sites (tertiary alicyclic amines) is 1. The first-order valence-electron chi connectivity index (χ1n) is 7.82. The number of anilines is 1. The lowest BCUT2D eigenvalue weighted by atomic mass is 10.1. The Labute approximate surface area is 133 Å². The van der Waals surface area contributed by atoms with Crippen LogP contribution >= 0.6 is 0 Å². The lowest BCUT2D eigenvalue weighted by Crippen LogP contribution is -2.42. The van der Waals surface area contributed by atoms with Gasteiger partial charge in [0.15, 0.2) is 0 Å². The topological polar surface area (TPSA) is 44.4 Å². The molecule has 1 aromatic rings. The maximum atomic E-state index is 12.9. The zero-order valence-electron chi connectivity index (χ0n) is 12.9. The van der Waals surface area contributed by atoms with Gasteiger partial charge in [-0.05, 0) is 30.9 Å². The number of urea groups is 1. The van der Waals surface area contributed by atoms with Gasteiger partial charge in [-0.2, -0.15) is 13.2 Å². The van der Waals surface area contributed by atoms with E-state index in [9.17, 15) is 18.0 Å². The van der Waals surface area contributed by atoms with E-state index in [0.717, 1.165) is 19.2 Å². The number of para-hydroxylation sites is 1. The van der Waals surface area contributed by atoms with Crippen molar-refractivity contribution in [1.82, 2.24) is 10.2 Å². The van der Waals surface area contributed by atoms with Crippen LogP contribution in [0.5, 0.6) is 0 Å². The summed E-state index contributed by atoms with van der Waals surface area (Å²) in [4.78, 5) is 14.4. The maximum Gasteiger partial charge on any atom is 0.418 e. The van der Waals surface area contributed by atoms with Crippen LogP contribution in [0.1, 0.15) is 25.3 Å². The number of halogens is 3. The molecule has 1 saturated heterocycles. The van der Waals surface area contributed by atoms with E-state index in [1.54, 1.807) is 0 Å². The predicted octanol–water partition coefficient (Wildman–Crippen LogP) is 3.31. The fourth-order valence-electron chi connectivity index (χ4n) is 3.10. The molecule has 1 heterocycles. The van der Waals surface area contributed by atoms with Gasteiger partial charge >= 0.3 is 12.2 Å². The van der Waals surface area contributed by atoms with E-state index < -0.39 is 17.8 Å². The van der Waals surface area contributed by atoms with Crippen molar-refractivity contribution in [3.8, 4) is 0 Å². The van der Waals surface area contributed by atoms with E-state index in [0.29, 0.717) is 12.0 Å². The maximum absolute atomic E-state index is 12.9. The summed E-state index contributed by atoms with van der Waals surface area (Å²) in [5, 5.41) is 5.14. The Morgan fingerprint density at radius 3 is 2.57 bits per heavy atom. The fraction of sp³-hybridized carbons (Fsp3) is 0.562. The highest BCUT2D eigenvalue weighted by molar-refractivity contribution is 5.90. The Balaban J connectivity index is 1.62. The number of rotatable bonds is 3. The van der Waals surface area contributed by atoms with E-state index in [1.165, 1.54) is 31.0 Å². The molecule has 2 amide bonds. The number of amides is 2. The van der Waals surface area contributed by atoms with Crippen molar-refractivity contribution < 1.29 is 18.0 Å². The van der Waals surface area contributed by atoms with E-state index in [4.69, 9.17) is 0 Å². The molecule has 1 saturated carbocycles. The second-order valence-electron chi connectivity index (χ2n) is 6.41. The molecule has 2 aliphatic rings. The molecular formula is C16H20F3N3O. The van der Waals surface area contributed by atoms with Crippen molar-refractivity contribution >= 4 is 11.7 Å². The molecule has 126 valence electrons. The van der Waals surface area contributed by atoms with Crippen LogP contribution in [0.15, 0.2) is 24.3 Å². The van der Waals surface area contributed by atoms with Crippen LogP contribution < -0.4 is 10.6 Å². The summed E-state index contributed by atoms with van der Waals surface area (Å²) < 4.78 is 38.8. The van der Waals surface area contributed by atoms with Crippen LogP contribution in [0.25, 0.3) is 0 Å². The standard InChI is InChI=1S/C16H20F3N3O/c1-10-8-22(11-6-7-11)9-14(10)21-15(23)20-13-5-3-2-4-12(13)16(17,18)19/h2-5,10-11,14H,6-9H2,1H3,(H2,20,21,23)/t10-,14+/m0/s1. The van der Waals surface area contributed by atoms with Crippen molar-refractivity contribution in [3.63, 3.8) is 0 Å². The normalized spacial score (nSPS) is 25.4. The summed E-state index contributed by atoms with van der Waals surface area (Å²) in [6.45, 7) is 3.74. The molecule has 1 aliphatic heterocycles. The van der Waals surface area contributed by atoms with Gasteiger partial charge in [0.05, 0.1) is 11.3 Å². The van der Waals surface area contributed by atoms with Crippen molar-refractivity contribution in [2.45, 2.75) is 38.0 Å². The predicted molar refractivity (Wildman–Crippen MR) is 81.1 cm³/mol. The number of alkyl halides is 3. The Bertz CT molecular complexity index is 586. The van der Waals surface area contributed by atoms with Crippen LogP contribution in [-0.4, -0.2) is 36.1 Å². The van der Waals surface area contributed by atoms with Gasteiger partial charge in [0, 0.05) is 25.2 Å². The third-order valence-electron chi connectivity index (χ3n) is 4.50. The van der Waals surface area contributed by atoms with Crippen LogP contribution in [0.4, 0.5) is 23.7 Å². The number of nitrogens with one attached hydrogen (secondary N) is 2. The quantitative estimate of drug-likeness (QED) is 0.894. The lowest BCUT2D eigenvalue weighted by Gasteiger charge is -2.19. The zero-order chi connectivity index (χ0) is 16.6. The summed E-state index contributed by atoms with van der Waals surface area (Å²) in [6.07, 6.45) is -2.09. The van der Waals surface area contributed by atoms with Gasteiger partial charge in [0.25, 0.3) is 0 Å². The molecular weight excluding hydrogens is 307 g/mol. The van der Waals surface area contributed by atoms with Crippen molar-refractivity contribution in [2.24, 2.45) is 5.92 Å². The number of carbonyl (C=O) groups is 1. The molecule has 2 N–H and O–H groups in total. The first-order chi connectivity index (χ1) is 10.8. The molecule has 0 bridgehead atoms. The Morgan fingerprint density at radius 1 is 1.22 bits per heavy atom. The summed E-state index contributed by atoms with van der Waals surface area (Å²) in [6, 6.07) is 5.00. The Morgan fingerprint density at radius 2 is 1.91 bits per heavy atom. The number of nitrogens with zero attached hydrogens (tertiary/aromatic N) is 1. The highest BCUT2D eigenvalue weighted by atomic mass is 19.4.